The normalized spacial score (nSPS) is 12.0. The molecule has 1 aliphatic rings. The number of anilines is 4. The maximum Gasteiger partial charge on any atom is 0.272 e. The number of halogens is 3. The van der Waals surface area contributed by atoms with Crippen molar-refractivity contribution in [3.05, 3.63) is 83.7 Å². The highest BCUT2D eigenvalue weighted by molar-refractivity contribution is 6.18. The second-order valence-corrected chi connectivity index (χ2v) is 12.8. The zero-order chi connectivity index (χ0) is 36.5. The van der Waals surface area contributed by atoms with Crippen molar-refractivity contribution >= 4 is 87.8 Å². The van der Waals surface area contributed by atoms with Gasteiger partial charge in [-0.05, 0) is 48.9 Å². The SMILES string of the molecule is Cl.Cn1cc(NC(=O)c2cc(NC(=O)c3cc(NC(=O)c4ccc(N(CCCl)CCCl)cc4)cn3C)cn2C)cc1C(=O)NCCCC1=NCCN1. The molecule has 5 N–H and O–H groups in total. The van der Waals surface area contributed by atoms with Crippen molar-refractivity contribution in [1.82, 2.24) is 24.3 Å². The van der Waals surface area contributed by atoms with E-state index in [1.165, 1.54) is 0 Å². The number of nitrogens with zero attached hydrogens (tertiary/aromatic N) is 5. The fraction of sp³-hybridized carbons (Fsp3) is 0.343. The fourth-order valence-electron chi connectivity index (χ4n) is 5.73. The molecule has 5 rings (SSSR count). The summed E-state index contributed by atoms with van der Waals surface area (Å²) in [5.74, 6) is 0.477. The predicted molar refractivity (Wildman–Crippen MR) is 209 cm³/mol. The summed E-state index contributed by atoms with van der Waals surface area (Å²) in [5, 5.41) is 14.6. The lowest BCUT2D eigenvalue weighted by Gasteiger charge is -2.22. The minimum absolute atomic E-state index is 0. The van der Waals surface area contributed by atoms with Crippen LogP contribution in [0.2, 0.25) is 0 Å². The summed E-state index contributed by atoms with van der Waals surface area (Å²) < 4.78 is 4.85. The van der Waals surface area contributed by atoms with Gasteiger partial charge in [0, 0.05) is 95.3 Å². The van der Waals surface area contributed by atoms with Crippen molar-refractivity contribution in [2.45, 2.75) is 12.8 Å². The van der Waals surface area contributed by atoms with Crippen molar-refractivity contribution in [2.75, 3.05) is 65.3 Å². The summed E-state index contributed by atoms with van der Waals surface area (Å²) in [6, 6.07) is 11.9. The average molecular weight is 774 g/mol. The average Bonchev–Trinajstić information content (AvgIpc) is 3.91. The molecule has 52 heavy (non-hydrogen) atoms. The number of carbonyl (C=O) groups is 4. The van der Waals surface area contributed by atoms with Crippen LogP contribution < -0.4 is 31.5 Å². The van der Waals surface area contributed by atoms with Crippen molar-refractivity contribution in [1.29, 1.82) is 0 Å². The number of alkyl halides is 2. The zero-order valence-corrected chi connectivity index (χ0v) is 31.5. The maximum atomic E-state index is 13.2. The zero-order valence-electron chi connectivity index (χ0n) is 29.2. The first-order valence-electron chi connectivity index (χ1n) is 16.5. The molecule has 0 fully saturated rings. The fourth-order valence-corrected chi connectivity index (χ4v) is 6.14. The highest BCUT2D eigenvalue weighted by atomic mass is 35.5. The van der Waals surface area contributed by atoms with Crippen LogP contribution in [0, 0.1) is 0 Å². The van der Waals surface area contributed by atoms with Gasteiger partial charge in [0.05, 0.1) is 29.4 Å². The Morgan fingerprint density at radius 3 is 1.69 bits per heavy atom. The smallest absolute Gasteiger partial charge is 0.272 e. The van der Waals surface area contributed by atoms with E-state index in [4.69, 9.17) is 23.2 Å². The molecular weight excluding hydrogens is 731 g/mol. The third-order valence-corrected chi connectivity index (χ3v) is 8.65. The lowest BCUT2D eigenvalue weighted by atomic mass is 10.1. The maximum absolute atomic E-state index is 13.2. The van der Waals surface area contributed by atoms with Gasteiger partial charge in [-0.3, -0.25) is 24.2 Å². The molecule has 0 saturated carbocycles. The van der Waals surface area contributed by atoms with Gasteiger partial charge in [-0.1, -0.05) is 0 Å². The van der Waals surface area contributed by atoms with Crippen LogP contribution in [0.3, 0.4) is 0 Å². The van der Waals surface area contributed by atoms with Crippen molar-refractivity contribution in [3.63, 3.8) is 0 Å². The van der Waals surface area contributed by atoms with Crippen LogP contribution in [-0.4, -0.2) is 87.6 Å². The molecular formula is C35H43Cl3N10O4. The molecule has 0 atom stereocenters. The molecule has 4 heterocycles. The van der Waals surface area contributed by atoms with Crippen LogP contribution in [0.1, 0.15) is 54.7 Å². The quantitative estimate of drug-likeness (QED) is 0.0823. The number of rotatable bonds is 16. The van der Waals surface area contributed by atoms with Crippen LogP contribution in [-0.2, 0) is 21.1 Å². The third-order valence-electron chi connectivity index (χ3n) is 8.31. The van der Waals surface area contributed by atoms with Crippen molar-refractivity contribution in [3.8, 4) is 0 Å². The molecule has 0 radical (unpaired) electrons. The molecule has 0 saturated heterocycles. The minimum atomic E-state index is -0.426. The van der Waals surface area contributed by atoms with Gasteiger partial charge in [0.15, 0.2) is 0 Å². The van der Waals surface area contributed by atoms with E-state index < -0.39 is 11.8 Å². The summed E-state index contributed by atoms with van der Waals surface area (Å²) in [5.41, 5.74) is 3.68. The number of benzene rings is 1. The van der Waals surface area contributed by atoms with E-state index in [2.05, 4.69) is 31.6 Å². The molecule has 0 bridgehead atoms. The molecule has 278 valence electrons. The number of amides is 4. The van der Waals surface area contributed by atoms with Gasteiger partial charge in [0.25, 0.3) is 23.6 Å². The molecule has 17 heteroatoms. The van der Waals surface area contributed by atoms with Gasteiger partial charge < -0.3 is 45.2 Å². The third kappa shape index (κ3) is 10.1. The Hall–Kier alpha value is -4.92. The van der Waals surface area contributed by atoms with E-state index in [9.17, 15) is 19.2 Å². The second kappa shape index (κ2) is 18.5. The van der Waals surface area contributed by atoms with Crippen molar-refractivity contribution in [2.24, 2.45) is 26.1 Å². The van der Waals surface area contributed by atoms with E-state index in [0.29, 0.717) is 71.1 Å². The Bertz CT molecular complexity index is 1910. The van der Waals surface area contributed by atoms with Crippen LogP contribution in [0.25, 0.3) is 0 Å². The van der Waals surface area contributed by atoms with E-state index in [0.717, 1.165) is 37.5 Å². The van der Waals surface area contributed by atoms with Crippen LogP contribution in [0.4, 0.5) is 22.7 Å². The number of hydrogen-bond acceptors (Lipinski definition) is 7. The molecule has 1 aliphatic heterocycles. The van der Waals surface area contributed by atoms with E-state index >= 15 is 0 Å². The number of hydrogen-bond donors (Lipinski definition) is 5. The van der Waals surface area contributed by atoms with Gasteiger partial charge in [0.1, 0.15) is 17.1 Å². The predicted octanol–water partition coefficient (Wildman–Crippen LogP) is 4.68. The Morgan fingerprint density at radius 1 is 0.750 bits per heavy atom. The molecule has 4 amide bonds. The number of carbonyl (C=O) groups excluding carboxylic acids is 4. The Labute approximate surface area is 318 Å². The molecule has 0 unspecified atom stereocenters. The Balaban J connectivity index is 0.00000605. The van der Waals surface area contributed by atoms with Gasteiger partial charge in [0.2, 0.25) is 0 Å². The highest BCUT2D eigenvalue weighted by Gasteiger charge is 2.19. The Kier molecular flexibility index (Phi) is 14.2. The lowest BCUT2D eigenvalue weighted by molar-refractivity contribution is 0.0943. The number of aliphatic imine (C=N–C) groups is 1. The number of aryl methyl sites for hydroxylation is 3. The molecule has 0 aliphatic carbocycles. The second-order valence-electron chi connectivity index (χ2n) is 12.1. The summed E-state index contributed by atoms with van der Waals surface area (Å²) in [4.78, 5) is 58.5. The van der Waals surface area contributed by atoms with E-state index in [1.807, 2.05) is 17.0 Å². The summed E-state index contributed by atoms with van der Waals surface area (Å²) >= 11 is 11.8. The molecule has 4 aromatic rings. The largest absolute Gasteiger partial charge is 0.372 e. The van der Waals surface area contributed by atoms with Crippen LogP contribution >= 0.6 is 35.6 Å². The van der Waals surface area contributed by atoms with E-state index in [-0.39, 0.29) is 24.2 Å². The summed E-state index contributed by atoms with van der Waals surface area (Å²) in [6.45, 7) is 3.43. The monoisotopic (exact) mass is 772 g/mol. The van der Waals surface area contributed by atoms with Gasteiger partial charge in [-0.2, -0.15) is 0 Å². The minimum Gasteiger partial charge on any atom is -0.372 e. The standard InChI is InChI=1S/C35H42Cl2N10O4.ClH/c1-44-21-25(17-28(44)33(49)40-12-4-5-31-38-13-14-39-31)42-35(51)30-19-26(22-46(30)3)43-34(50)29-18-24(20-45(29)2)41-32(48)23-6-8-27(9-7-23)47(15-10-36)16-11-37;/h6-9,17-22H,4-5,10-16H2,1-3H3,(H,38,39)(H,40,49)(H,41,48)(H,42,51)(H,43,50);1H. The number of aromatic nitrogens is 3. The van der Waals surface area contributed by atoms with Crippen LogP contribution in [0.5, 0.6) is 0 Å². The first-order chi connectivity index (χ1) is 24.6. The van der Waals surface area contributed by atoms with Gasteiger partial charge >= 0.3 is 0 Å². The Morgan fingerprint density at radius 2 is 1.23 bits per heavy atom. The first kappa shape index (κ1) is 39.9. The van der Waals surface area contributed by atoms with Crippen LogP contribution in [0.15, 0.2) is 66.0 Å². The van der Waals surface area contributed by atoms with Crippen molar-refractivity contribution < 1.29 is 19.2 Å². The molecule has 1 aromatic carbocycles. The summed E-state index contributed by atoms with van der Waals surface area (Å²) in [6.07, 6.45) is 6.47. The molecule has 0 spiro atoms. The molecule has 14 nitrogen and oxygen atoms in total. The summed E-state index contributed by atoms with van der Waals surface area (Å²) in [7, 11) is 5.12. The topological polar surface area (TPSA) is 159 Å². The highest BCUT2D eigenvalue weighted by Crippen LogP contribution is 2.21. The van der Waals surface area contributed by atoms with Gasteiger partial charge in [-0.25, -0.2) is 0 Å². The van der Waals surface area contributed by atoms with Gasteiger partial charge in [-0.15, -0.1) is 35.6 Å². The number of amidine groups is 1. The lowest BCUT2D eigenvalue weighted by Crippen LogP contribution is -2.27. The van der Waals surface area contributed by atoms with E-state index in [1.54, 1.807) is 83.8 Å². The molecule has 3 aromatic heterocycles. The number of nitrogens with one attached hydrogen (secondary N) is 5. The first-order valence-corrected chi connectivity index (χ1v) is 17.6.